The maximum absolute atomic E-state index is 11.9. The van der Waals surface area contributed by atoms with Gasteiger partial charge in [-0.3, -0.25) is 4.79 Å². The first-order valence-corrected chi connectivity index (χ1v) is 6.99. The molecule has 2 aliphatic rings. The molecule has 2 fully saturated rings. The molecule has 0 bridgehead atoms. The van der Waals surface area contributed by atoms with Crippen molar-refractivity contribution in [3.05, 3.63) is 0 Å². The van der Waals surface area contributed by atoms with Crippen LogP contribution >= 0.6 is 0 Å². The van der Waals surface area contributed by atoms with E-state index in [-0.39, 0.29) is 11.9 Å². The molecule has 2 rings (SSSR count). The highest BCUT2D eigenvalue weighted by atomic mass is 16.5. The second-order valence-electron chi connectivity index (χ2n) is 5.57. The summed E-state index contributed by atoms with van der Waals surface area (Å²) < 4.78 is 5.29. The molecule has 0 saturated carbocycles. The Balaban J connectivity index is 1.67. The molecule has 2 unspecified atom stereocenters. The van der Waals surface area contributed by atoms with Crippen molar-refractivity contribution in [3.8, 4) is 0 Å². The van der Waals surface area contributed by atoms with E-state index < -0.39 is 0 Å². The van der Waals surface area contributed by atoms with Crippen molar-refractivity contribution in [1.29, 1.82) is 0 Å². The fraction of sp³-hybridized carbons (Fsp3) is 0.923. The highest BCUT2D eigenvalue weighted by Crippen LogP contribution is 2.17. The number of carbonyl (C=O) groups excluding carboxylic acids is 1. The van der Waals surface area contributed by atoms with Gasteiger partial charge in [-0.1, -0.05) is 0 Å². The summed E-state index contributed by atoms with van der Waals surface area (Å²) in [5.74, 6) is 0.679. The van der Waals surface area contributed by atoms with Crippen LogP contribution in [0.25, 0.3) is 0 Å². The molecular formula is C13H25N3O2. The maximum Gasteiger partial charge on any atom is 0.239 e. The van der Waals surface area contributed by atoms with E-state index in [9.17, 15) is 4.79 Å². The molecule has 2 atom stereocenters. The fourth-order valence-corrected chi connectivity index (χ4v) is 2.60. The van der Waals surface area contributed by atoms with Crippen molar-refractivity contribution >= 4 is 5.91 Å². The zero-order valence-electron chi connectivity index (χ0n) is 11.4. The Hall–Kier alpha value is -0.650. The van der Waals surface area contributed by atoms with Crippen molar-refractivity contribution < 1.29 is 9.53 Å². The number of nitrogens with one attached hydrogen (secondary N) is 2. The van der Waals surface area contributed by atoms with Crippen molar-refractivity contribution in [1.82, 2.24) is 15.5 Å². The van der Waals surface area contributed by atoms with Gasteiger partial charge >= 0.3 is 0 Å². The van der Waals surface area contributed by atoms with Crippen LogP contribution in [0.3, 0.4) is 0 Å². The SMILES string of the molecule is CC(C)N1CCC(CNC(=O)C2COCCN2)C1. The Kier molecular flexibility index (Phi) is 4.97. The lowest BCUT2D eigenvalue weighted by molar-refractivity contribution is -0.126. The Morgan fingerprint density at radius 2 is 2.39 bits per heavy atom. The number of carbonyl (C=O) groups is 1. The van der Waals surface area contributed by atoms with E-state index in [1.165, 1.54) is 6.42 Å². The van der Waals surface area contributed by atoms with Gasteiger partial charge in [0.15, 0.2) is 0 Å². The molecule has 104 valence electrons. The van der Waals surface area contributed by atoms with E-state index in [0.717, 1.165) is 26.2 Å². The first-order chi connectivity index (χ1) is 8.66. The van der Waals surface area contributed by atoms with Crippen molar-refractivity contribution in [2.24, 2.45) is 5.92 Å². The molecule has 5 nitrogen and oxygen atoms in total. The fourth-order valence-electron chi connectivity index (χ4n) is 2.60. The van der Waals surface area contributed by atoms with Gasteiger partial charge in [-0.25, -0.2) is 0 Å². The quantitative estimate of drug-likeness (QED) is 0.732. The molecule has 0 radical (unpaired) electrons. The van der Waals surface area contributed by atoms with Gasteiger partial charge < -0.3 is 20.3 Å². The standard InChI is InChI=1S/C13H25N3O2/c1-10(2)16-5-3-11(8-16)7-15-13(17)12-9-18-6-4-14-12/h10-12,14H,3-9H2,1-2H3,(H,15,17). The van der Waals surface area contributed by atoms with Gasteiger partial charge in [0.05, 0.1) is 13.2 Å². The topological polar surface area (TPSA) is 53.6 Å². The first kappa shape index (κ1) is 13.8. The van der Waals surface area contributed by atoms with Crippen LogP contribution in [0, 0.1) is 5.92 Å². The van der Waals surface area contributed by atoms with Crippen LogP contribution in [0.2, 0.25) is 0 Å². The number of morpholine rings is 1. The lowest BCUT2D eigenvalue weighted by Crippen LogP contribution is -2.52. The molecule has 0 aliphatic carbocycles. The summed E-state index contributed by atoms with van der Waals surface area (Å²) >= 11 is 0. The van der Waals surface area contributed by atoms with Crippen LogP contribution in [0.15, 0.2) is 0 Å². The zero-order chi connectivity index (χ0) is 13.0. The summed E-state index contributed by atoms with van der Waals surface area (Å²) in [7, 11) is 0. The normalized spacial score (nSPS) is 29.7. The number of hydrogen-bond donors (Lipinski definition) is 2. The van der Waals surface area contributed by atoms with Gasteiger partial charge in [-0.2, -0.15) is 0 Å². The molecule has 2 aliphatic heterocycles. The molecule has 0 aromatic carbocycles. The first-order valence-electron chi connectivity index (χ1n) is 6.99. The molecule has 0 spiro atoms. The van der Waals surface area contributed by atoms with Gasteiger partial charge in [0, 0.05) is 25.7 Å². The summed E-state index contributed by atoms with van der Waals surface area (Å²) in [5.41, 5.74) is 0. The second-order valence-corrected chi connectivity index (χ2v) is 5.57. The third kappa shape index (κ3) is 3.67. The van der Waals surface area contributed by atoms with Crippen molar-refractivity contribution in [2.75, 3.05) is 39.4 Å². The van der Waals surface area contributed by atoms with E-state index in [2.05, 4.69) is 29.4 Å². The van der Waals surface area contributed by atoms with Gasteiger partial charge in [0.25, 0.3) is 0 Å². The lowest BCUT2D eigenvalue weighted by atomic mass is 10.1. The molecular weight excluding hydrogens is 230 g/mol. The maximum atomic E-state index is 11.9. The van der Waals surface area contributed by atoms with Gasteiger partial charge in [-0.15, -0.1) is 0 Å². The molecule has 2 N–H and O–H groups in total. The molecule has 0 aromatic rings. The van der Waals surface area contributed by atoms with Gasteiger partial charge in [-0.05, 0) is 32.7 Å². The van der Waals surface area contributed by atoms with E-state index in [4.69, 9.17) is 4.74 Å². The second kappa shape index (κ2) is 6.50. The average molecular weight is 255 g/mol. The number of ether oxygens (including phenoxy) is 1. The highest BCUT2D eigenvalue weighted by Gasteiger charge is 2.26. The van der Waals surface area contributed by atoms with Crippen LogP contribution < -0.4 is 10.6 Å². The molecule has 2 saturated heterocycles. The van der Waals surface area contributed by atoms with Gasteiger partial charge in [0.1, 0.15) is 6.04 Å². The van der Waals surface area contributed by atoms with E-state index in [1.54, 1.807) is 0 Å². The molecule has 2 heterocycles. The van der Waals surface area contributed by atoms with Crippen LogP contribution in [-0.4, -0.2) is 62.3 Å². The minimum atomic E-state index is -0.165. The molecule has 1 amide bonds. The smallest absolute Gasteiger partial charge is 0.239 e. The number of hydrogen-bond acceptors (Lipinski definition) is 4. The summed E-state index contributed by atoms with van der Waals surface area (Å²) in [6.07, 6.45) is 1.19. The third-order valence-corrected chi connectivity index (χ3v) is 3.85. The van der Waals surface area contributed by atoms with E-state index in [0.29, 0.717) is 25.2 Å². The molecule has 18 heavy (non-hydrogen) atoms. The monoisotopic (exact) mass is 255 g/mol. The summed E-state index contributed by atoms with van der Waals surface area (Å²) in [5, 5.41) is 6.22. The summed E-state index contributed by atoms with van der Waals surface area (Å²) in [6.45, 7) is 9.47. The predicted molar refractivity (Wildman–Crippen MR) is 70.4 cm³/mol. The number of rotatable bonds is 4. The van der Waals surface area contributed by atoms with Crippen molar-refractivity contribution in [3.63, 3.8) is 0 Å². The number of amides is 1. The minimum Gasteiger partial charge on any atom is -0.378 e. The van der Waals surface area contributed by atoms with Crippen LogP contribution in [0.5, 0.6) is 0 Å². The van der Waals surface area contributed by atoms with E-state index >= 15 is 0 Å². The summed E-state index contributed by atoms with van der Waals surface area (Å²) in [6, 6.07) is 0.445. The predicted octanol–water partition coefficient (Wildman–Crippen LogP) is -0.179. The third-order valence-electron chi connectivity index (χ3n) is 3.85. The number of nitrogens with zero attached hydrogens (tertiary/aromatic N) is 1. The minimum absolute atomic E-state index is 0.0812. The molecule has 0 aromatic heterocycles. The largest absolute Gasteiger partial charge is 0.378 e. The van der Waals surface area contributed by atoms with E-state index in [1.807, 2.05) is 0 Å². The van der Waals surface area contributed by atoms with Crippen molar-refractivity contribution in [2.45, 2.75) is 32.4 Å². The lowest BCUT2D eigenvalue weighted by Gasteiger charge is -2.24. The summed E-state index contributed by atoms with van der Waals surface area (Å²) in [4.78, 5) is 14.4. The molecule has 5 heteroatoms. The average Bonchev–Trinajstić information content (AvgIpc) is 2.86. The number of likely N-dealkylation sites (tertiary alicyclic amines) is 1. The Morgan fingerprint density at radius 1 is 1.56 bits per heavy atom. The Morgan fingerprint density at radius 3 is 3.00 bits per heavy atom. The highest BCUT2D eigenvalue weighted by molar-refractivity contribution is 5.81. The Labute approximate surface area is 109 Å². The van der Waals surface area contributed by atoms with Crippen LogP contribution in [0.4, 0.5) is 0 Å². The zero-order valence-corrected chi connectivity index (χ0v) is 11.4. The van der Waals surface area contributed by atoms with Crippen LogP contribution in [-0.2, 0) is 9.53 Å². The van der Waals surface area contributed by atoms with Gasteiger partial charge in [0.2, 0.25) is 5.91 Å². The van der Waals surface area contributed by atoms with Crippen LogP contribution in [0.1, 0.15) is 20.3 Å². The Bertz CT molecular complexity index is 277.